The molecule has 0 spiro atoms. The van der Waals surface area contributed by atoms with Crippen LogP contribution in [0, 0.1) is 0 Å². The maximum atomic E-state index is 12.4. The van der Waals surface area contributed by atoms with Crippen molar-refractivity contribution in [2.24, 2.45) is 0 Å². The molecule has 1 aromatic rings. The van der Waals surface area contributed by atoms with E-state index in [0.717, 1.165) is 4.47 Å². The Morgan fingerprint density at radius 2 is 2.21 bits per heavy atom. The molecular formula is C13H13BrN2O3. The Labute approximate surface area is 119 Å². The highest BCUT2D eigenvalue weighted by molar-refractivity contribution is 9.10. The Morgan fingerprint density at radius 3 is 2.84 bits per heavy atom. The van der Waals surface area contributed by atoms with Gasteiger partial charge in [-0.15, -0.1) is 0 Å². The molecule has 1 N–H and O–H groups in total. The van der Waals surface area contributed by atoms with Crippen LogP contribution in [0.2, 0.25) is 0 Å². The summed E-state index contributed by atoms with van der Waals surface area (Å²) in [4.78, 5) is 36.8. The summed E-state index contributed by atoms with van der Waals surface area (Å²) in [6.07, 6.45) is 0.471. The maximum Gasteiger partial charge on any atom is 0.255 e. The molecule has 1 atom stereocenters. The van der Waals surface area contributed by atoms with Gasteiger partial charge >= 0.3 is 0 Å². The van der Waals surface area contributed by atoms with Crippen molar-refractivity contribution in [1.29, 1.82) is 0 Å². The number of hydrogen-bond donors (Lipinski definition) is 1. The van der Waals surface area contributed by atoms with Gasteiger partial charge in [-0.1, -0.05) is 28.9 Å². The van der Waals surface area contributed by atoms with Crippen LogP contribution >= 0.6 is 15.9 Å². The normalized spacial score (nSPS) is 19.3. The third-order valence-electron chi connectivity index (χ3n) is 2.97. The number of nitrogens with one attached hydrogen (secondary N) is 1. The Balaban J connectivity index is 2.30. The standard InChI is InChI=1S/C13H13BrN2O3/c1-2-10-12(18)15-11(17)7-16(10)13(19)8-4-3-5-9(14)6-8/h3-6,10H,2,7H2,1H3,(H,15,17,18). The van der Waals surface area contributed by atoms with Gasteiger partial charge in [-0.25, -0.2) is 0 Å². The summed E-state index contributed by atoms with van der Waals surface area (Å²) in [5, 5.41) is 2.25. The number of rotatable bonds is 2. The highest BCUT2D eigenvalue weighted by Crippen LogP contribution is 2.17. The number of benzene rings is 1. The number of amides is 3. The first kappa shape index (κ1) is 13.7. The van der Waals surface area contributed by atoms with Crippen LogP contribution in [-0.4, -0.2) is 35.2 Å². The average Bonchev–Trinajstić information content (AvgIpc) is 2.37. The van der Waals surface area contributed by atoms with Crippen molar-refractivity contribution >= 4 is 33.7 Å². The van der Waals surface area contributed by atoms with Gasteiger partial charge in [0.2, 0.25) is 11.8 Å². The van der Waals surface area contributed by atoms with E-state index in [-0.39, 0.29) is 12.5 Å². The van der Waals surface area contributed by atoms with Crippen LogP contribution in [-0.2, 0) is 9.59 Å². The number of nitrogens with zero attached hydrogens (tertiary/aromatic N) is 1. The van der Waals surface area contributed by atoms with E-state index in [1.165, 1.54) is 4.90 Å². The molecule has 0 bridgehead atoms. The fourth-order valence-electron chi connectivity index (χ4n) is 2.07. The Hall–Kier alpha value is -1.69. The van der Waals surface area contributed by atoms with Crippen molar-refractivity contribution in [2.45, 2.75) is 19.4 Å². The molecule has 1 aliphatic rings. The van der Waals surface area contributed by atoms with Crippen molar-refractivity contribution in [3.05, 3.63) is 34.3 Å². The fraction of sp³-hybridized carbons (Fsp3) is 0.308. The predicted octanol–water partition coefficient (Wildman–Crippen LogP) is 1.33. The predicted molar refractivity (Wildman–Crippen MR) is 72.4 cm³/mol. The quantitative estimate of drug-likeness (QED) is 0.834. The topological polar surface area (TPSA) is 66.5 Å². The van der Waals surface area contributed by atoms with Crippen LogP contribution in [0.5, 0.6) is 0 Å². The Morgan fingerprint density at radius 1 is 1.47 bits per heavy atom. The molecular weight excluding hydrogens is 312 g/mol. The summed E-state index contributed by atoms with van der Waals surface area (Å²) in [7, 11) is 0. The zero-order chi connectivity index (χ0) is 14.0. The minimum atomic E-state index is -0.593. The van der Waals surface area contributed by atoms with Crippen molar-refractivity contribution in [1.82, 2.24) is 10.2 Å². The number of piperazine rings is 1. The van der Waals surface area contributed by atoms with Crippen molar-refractivity contribution in [3.63, 3.8) is 0 Å². The largest absolute Gasteiger partial charge is 0.317 e. The lowest BCUT2D eigenvalue weighted by Crippen LogP contribution is -2.59. The number of carbonyl (C=O) groups excluding carboxylic acids is 3. The SMILES string of the molecule is CCC1C(=O)NC(=O)CN1C(=O)c1cccc(Br)c1. The third-order valence-corrected chi connectivity index (χ3v) is 3.47. The zero-order valence-electron chi connectivity index (χ0n) is 10.4. The first-order chi connectivity index (χ1) is 9.02. The lowest BCUT2D eigenvalue weighted by molar-refractivity contribution is -0.138. The molecule has 1 fully saturated rings. The van der Waals surface area contributed by atoms with Crippen molar-refractivity contribution in [3.8, 4) is 0 Å². The molecule has 1 saturated heterocycles. The second kappa shape index (κ2) is 5.52. The molecule has 2 rings (SSSR count). The van der Waals surface area contributed by atoms with E-state index >= 15 is 0 Å². The van der Waals surface area contributed by atoms with E-state index in [1.54, 1.807) is 25.1 Å². The van der Waals surface area contributed by atoms with E-state index in [1.807, 2.05) is 6.07 Å². The summed E-state index contributed by atoms with van der Waals surface area (Å²) in [6, 6.07) is 6.29. The molecule has 0 aromatic heterocycles. The van der Waals surface area contributed by atoms with E-state index in [9.17, 15) is 14.4 Å². The first-order valence-electron chi connectivity index (χ1n) is 5.93. The number of carbonyl (C=O) groups is 3. The van der Waals surface area contributed by atoms with E-state index in [4.69, 9.17) is 0 Å². The lowest BCUT2D eigenvalue weighted by Gasteiger charge is -2.33. The molecule has 6 heteroatoms. The van der Waals surface area contributed by atoms with Gasteiger partial charge in [0.15, 0.2) is 0 Å². The smallest absolute Gasteiger partial charge is 0.255 e. The molecule has 5 nitrogen and oxygen atoms in total. The summed E-state index contributed by atoms with van der Waals surface area (Å²) in [5.41, 5.74) is 0.454. The summed E-state index contributed by atoms with van der Waals surface area (Å²) in [6.45, 7) is 1.72. The van der Waals surface area contributed by atoms with Crippen LogP contribution in [0.25, 0.3) is 0 Å². The highest BCUT2D eigenvalue weighted by Gasteiger charge is 2.35. The summed E-state index contributed by atoms with van der Waals surface area (Å²) < 4.78 is 0.777. The zero-order valence-corrected chi connectivity index (χ0v) is 11.9. The van der Waals surface area contributed by atoms with Gasteiger partial charge in [0, 0.05) is 10.0 Å². The molecule has 19 heavy (non-hydrogen) atoms. The second-order valence-electron chi connectivity index (χ2n) is 4.28. The molecule has 1 aromatic carbocycles. The van der Waals surface area contributed by atoms with Gasteiger partial charge in [0.05, 0.1) is 0 Å². The van der Waals surface area contributed by atoms with E-state index in [2.05, 4.69) is 21.2 Å². The molecule has 0 radical (unpaired) electrons. The van der Waals surface area contributed by atoms with Gasteiger partial charge in [-0.3, -0.25) is 19.7 Å². The first-order valence-corrected chi connectivity index (χ1v) is 6.72. The van der Waals surface area contributed by atoms with Crippen molar-refractivity contribution in [2.75, 3.05) is 6.54 Å². The Kier molecular flexibility index (Phi) is 3.99. The molecule has 0 aliphatic carbocycles. The van der Waals surface area contributed by atoms with Gasteiger partial charge in [-0.2, -0.15) is 0 Å². The van der Waals surface area contributed by atoms with Crippen LogP contribution in [0.3, 0.4) is 0 Å². The van der Waals surface area contributed by atoms with Crippen LogP contribution in [0.1, 0.15) is 23.7 Å². The highest BCUT2D eigenvalue weighted by atomic mass is 79.9. The van der Waals surface area contributed by atoms with E-state index in [0.29, 0.717) is 12.0 Å². The average molecular weight is 325 g/mol. The van der Waals surface area contributed by atoms with Gasteiger partial charge in [0.25, 0.3) is 5.91 Å². The monoisotopic (exact) mass is 324 g/mol. The molecule has 1 aliphatic heterocycles. The molecule has 1 heterocycles. The Bertz CT molecular complexity index is 544. The van der Waals surface area contributed by atoms with Crippen LogP contribution in [0.4, 0.5) is 0 Å². The molecule has 3 amide bonds. The minimum absolute atomic E-state index is 0.0877. The summed E-state index contributed by atoms with van der Waals surface area (Å²) in [5.74, 6) is -1.17. The lowest BCUT2D eigenvalue weighted by atomic mass is 10.1. The number of imide groups is 1. The van der Waals surface area contributed by atoms with Crippen LogP contribution in [0.15, 0.2) is 28.7 Å². The fourth-order valence-corrected chi connectivity index (χ4v) is 2.47. The number of hydrogen-bond acceptors (Lipinski definition) is 3. The molecule has 0 saturated carbocycles. The molecule has 1 unspecified atom stereocenters. The van der Waals surface area contributed by atoms with Gasteiger partial charge < -0.3 is 4.90 Å². The maximum absolute atomic E-state index is 12.4. The number of halogens is 1. The van der Waals surface area contributed by atoms with Crippen LogP contribution < -0.4 is 5.32 Å². The van der Waals surface area contributed by atoms with Gasteiger partial charge in [-0.05, 0) is 24.6 Å². The van der Waals surface area contributed by atoms with E-state index < -0.39 is 17.9 Å². The second-order valence-corrected chi connectivity index (χ2v) is 5.20. The summed E-state index contributed by atoms with van der Waals surface area (Å²) >= 11 is 3.29. The van der Waals surface area contributed by atoms with Gasteiger partial charge in [0.1, 0.15) is 12.6 Å². The molecule has 100 valence electrons. The van der Waals surface area contributed by atoms with Crippen molar-refractivity contribution < 1.29 is 14.4 Å². The third kappa shape index (κ3) is 2.84. The minimum Gasteiger partial charge on any atom is -0.317 e.